The summed E-state index contributed by atoms with van der Waals surface area (Å²) in [6, 6.07) is 10.1. The van der Waals surface area contributed by atoms with Crippen LogP contribution in [0, 0.1) is 0 Å². The molecule has 1 aliphatic rings. The van der Waals surface area contributed by atoms with Crippen molar-refractivity contribution in [2.45, 2.75) is 25.7 Å². The molecule has 0 atom stereocenters. The molecule has 4 rings (SSSR count). The molecule has 0 saturated heterocycles. The van der Waals surface area contributed by atoms with Crippen molar-refractivity contribution in [1.82, 2.24) is 4.98 Å². The third kappa shape index (κ3) is 4.98. The van der Waals surface area contributed by atoms with Crippen molar-refractivity contribution in [1.29, 1.82) is 0 Å². The second-order valence-corrected chi connectivity index (χ2v) is 8.73. The number of halogens is 1. The van der Waals surface area contributed by atoms with E-state index in [1.54, 1.807) is 42.6 Å². The Morgan fingerprint density at radius 1 is 1.06 bits per heavy atom. The van der Waals surface area contributed by atoms with Gasteiger partial charge < -0.3 is 15.4 Å². The fraction of sp³-hybridized carbons (Fsp3) is 0.217. The fourth-order valence-electron chi connectivity index (χ4n) is 3.49. The van der Waals surface area contributed by atoms with E-state index in [4.69, 9.17) is 16.3 Å². The van der Waals surface area contributed by atoms with Gasteiger partial charge >= 0.3 is 5.97 Å². The Bertz CT molecular complexity index is 1160. The highest BCUT2D eigenvalue weighted by Gasteiger charge is 2.28. The summed E-state index contributed by atoms with van der Waals surface area (Å²) in [4.78, 5) is 42.9. The lowest BCUT2D eigenvalue weighted by atomic mass is 9.95. The number of para-hydroxylation sites is 1. The van der Waals surface area contributed by atoms with E-state index < -0.39 is 18.5 Å². The quantitative estimate of drug-likeness (QED) is 0.509. The number of hydrogen-bond acceptors (Lipinski definition) is 6. The summed E-state index contributed by atoms with van der Waals surface area (Å²) in [6.07, 6.45) is 6.59. The van der Waals surface area contributed by atoms with Crippen LogP contribution in [0.1, 0.15) is 44.0 Å². The standard InChI is InChI=1S/C23H20ClN3O4S/c24-16-8-2-3-9-17(16)26-19(28)13-31-23(30)20-15-7-1-4-10-18(15)32-22(20)27-21(29)14-6-5-11-25-12-14/h2-3,5-6,8-9,11-12H,1,4,7,10,13H2,(H,26,28)(H,27,29). The van der Waals surface area contributed by atoms with Crippen molar-refractivity contribution in [2.24, 2.45) is 0 Å². The molecule has 0 radical (unpaired) electrons. The second-order valence-electron chi connectivity index (χ2n) is 7.22. The highest BCUT2D eigenvalue weighted by Crippen LogP contribution is 2.38. The number of hydrogen-bond donors (Lipinski definition) is 2. The number of nitrogens with one attached hydrogen (secondary N) is 2. The number of pyridine rings is 1. The third-order valence-corrected chi connectivity index (χ3v) is 6.55. The molecular formula is C23H20ClN3O4S. The minimum atomic E-state index is -0.639. The van der Waals surface area contributed by atoms with Crippen LogP contribution >= 0.6 is 22.9 Å². The van der Waals surface area contributed by atoms with Crippen LogP contribution in [0.15, 0.2) is 48.8 Å². The largest absolute Gasteiger partial charge is 0.452 e. The molecule has 0 aliphatic heterocycles. The van der Waals surface area contributed by atoms with Crippen LogP contribution in [0.25, 0.3) is 0 Å². The van der Waals surface area contributed by atoms with E-state index >= 15 is 0 Å². The number of carbonyl (C=O) groups excluding carboxylic acids is 3. The van der Waals surface area contributed by atoms with Crippen molar-refractivity contribution < 1.29 is 19.1 Å². The summed E-state index contributed by atoms with van der Waals surface area (Å²) < 4.78 is 5.30. The average molecular weight is 470 g/mol. The summed E-state index contributed by atoms with van der Waals surface area (Å²) in [7, 11) is 0. The molecule has 2 heterocycles. The Kier molecular flexibility index (Phi) is 6.82. The lowest BCUT2D eigenvalue weighted by Crippen LogP contribution is -2.22. The maximum atomic E-state index is 13.0. The molecule has 2 aromatic heterocycles. The molecule has 0 fully saturated rings. The molecule has 2 amide bonds. The van der Waals surface area contributed by atoms with Crippen molar-refractivity contribution in [3.05, 3.63) is 75.4 Å². The van der Waals surface area contributed by atoms with Crippen molar-refractivity contribution in [2.75, 3.05) is 17.2 Å². The van der Waals surface area contributed by atoms with Gasteiger partial charge in [0.15, 0.2) is 6.61 Å². The molecule has 0 saturated carbocycles. The van der Waals surface area contributed by atoms with Gasteiger partial charge in [0.25, 0.3) is 11.8 Å². The second kappa shape index (κ2) is 9.93. The number of fused-ring (bicyclic) bond motifs is 1. The Balaban J connectivity index is 1.49. The molecule has 1 aliphatic carbocycles. The van der Waals surface area contributed by atoms with Crippen LogP contribution in [0.4, 0.5) is 10.7 Å². The van der Waals surface area contributed by atoms with Crippen LogP contribution in [-0.4, -0.2) is 29.4 Å². The lowest BCUT2D eigenvalue weighted by molar-refractivity contribution is -0.119. The van der Waals surface area contributed by atoms with E-state index in [2.05, 4.69) is 15.6 Å². The van der Waals surface area contributed by atoms with E-state index in [1.165, 1.54) is 17.5 Å². The molecule has 2 N–H and O–H groups in total. The molecule has 7 nitrogen and oxygen atoms in total. The molecular weight excluding hydrogens is 450 g/mol. The number of thiophene rings is 1. The normalized spacial score (nSPS) is 12.5. The summed E-state index contributed by atoms with van der Waals surface area (Å²) >= 11 is 7.43. The topological polar surface area (TPSA) is 97.4 Å². The highest BCUT2D eigenvalue weighted by atomic mass is 35.5. The zero-order valence-corrected chi connectivity index (χ0v) is 18.6. The van der Waals surface area contributed by atoms with Crippen LogP contribution in [0.5, 0.6) is 0 Å². The number of nitrogens with zero attached hydrogens (tertiary/aromatic N) is 1. The van der Waals surface area contributed by atoms with Crippen molar-refractivity contribution in [3.63, 3.8) is 0 Å². The van der Waals surface area contributed by atoms with Crippen LogP contribution in [-0.2, 0) is 22.4 Å². The lowest BCUT2D eigenvalue weighted by Gasteiger charge is -2.13. The summed E-state index contributed by atoms with van der Waals surface area (Å²) in [6.45, 7) is -0.468. The molecule has 9 heteroatoms. The minimum Gasteiger partial charge on any atom is -0.452 e. The zero-order chi connectivity index (χ0) is 22.5. The number of aryl methyl sites for hydroxylation is 1. The van der Waals surface area contributed by atoms with Gasteiger partial charge in [-0.15, -0.1) is 11.3 Å². The SMILES string of the molecule is O=C(COC(=O)c1c(NC(=O)c2cccnc2)sc2c1CCCC2)Nc1ccccc1Cl. The molecule has 3 aromatic rings. The van der Waals surface area contributed by atoms with E-state index in [1.807, 2.05) is 0 Å². The Hall–Kier alpha value is -3.23. The van der Waals surface area contributed by atoms with Crippen molar-refractivity contribution >= 4 is 51.4 Å². The van der Waals surface area contributed by atoms with Gasteiger partial charge in [0, 0.05) is 17.3 Å². The van der Waals surface area contributed by atoms with Gasteiger partial charge in [-0.05, 0) is 55.5 Å². The number of anilines is 2. The summed E-state index contributed by atoms with van der Waals surface area (Å²) in [5, 5.41) is 6.26. The fourth-order valence-corrected chi connectivity index (χ4v) is 4.95. The Labute approximate surface area is 193 Å². The third-order valence-electron chi connectivity index (χ3n) is 5.01. The number of benzene rings is 1. The number of rotatable bonds is 6. The van der Waals surface area contributed by atoms with Gasteiger partial charge in [0.05, 0.1) is 21.8 Å². The Morgan fingerprint density at radius 3 is 2.66 bits per heavy atom. The highest BCUT2D eigenvalue weighted by molar-refractivity contribution is 7.17. The maximum absolute atomic E-state index is 13.0. The first-order valence-corrected chi connectivity index (χ1v) is 11.3. The van der Waals surface area contributed by atoms with Crippen LogP contribution in [0.3, 0.4) is 0 Å². The number of carbonyl (C=O) groups is 3. The van der Waals surface area contributed by atoms with E-state index in [0.717, 1.165) is 36.1 Å². The van der Waals surface area contributed by atoms with E-state index in [-0.39, 0.29) is 5.91 Å². The van der Waals surface area contributed by atoms with Crippen LogP contribution < -0.4 is 10.6 Å². The Morgan fingerprint density at radius 2 is 1.88 bits per heavy atom. The number of ether oxygens (including phenoxy) is 1. The van der Waals surface area contributed by atoms with Gasteiger partial charge in [0.1, 0.15) is 5.00 Å². The minimum absolute atomic E-state index is 0.326. The smallest absolute Gasteiger partial charge is 0.341 e. The number of esters is 1. The van der Waals surface area contributed by atoms with Gasteiger partial charge in [-0.3, -0.25) is 14.6 Å². The monoisotopic (exact) mass is 469 g/mol. The predicted octanol–water partition coefficient (Wildman–Crippen LogP) is 4.72. The molecule has 32 heavy (non-hydrogen) atoms. The first-order valence-electron chi connectivity index (χ1n) is 10.1. The first-order chi connectivity index (χ1) is 15.5. The van der Waals surface area contributed by atoms with Gasteiger partial charge in [-0.1, -0.05) is 23.7 Å². The molecule has 0 unspecified atom stereocenters. The molecule has 1 aromatic carbocycles. The molecule has 0 spiro atoms. The molecule has 0 bridgehead atoms. The van der Waals surface area contributed by atoms with E-state index in [0.29, 0.717) is 26.8 Å². The van der Waals surface area contributed by atoms with Gasteiger partial charge in [-0.2, -0.15) is 0 Å². The zero-order valence-electron chi connectivity index (χ0n) is 17.0. The average Bonchev–Trinajstić information content (AvgIpc) is 3.17. The van der Waals surface area contributed by atoms with Gasteiger partial charge in [-0.25, -0.2) is 4.79 Å². The number of aromatic nitrogens is 1. The first kappa shape index (κ1) is 22.0. The summed E-state index contributed by atoms with van der Waals surface area (Å²) in [5.41, 5.74) is 2.04. The van der Waals surface area contributed by atoms with Crippen molar-refractivity contribution in [3.8, 4) is 0 Å². The number of amides is 2. The van der Waals surface area contributed by atoms with E-state index in [9.17, 15) is 14.4 Å². The predicted molar refractivity (Wildman–Crippen MR) is 124 cm³/mol. The summed E-state index contributed by atoms with van der Waals surface area (Å²) in [5.74, 6) is -1.50. The van der Waals surface area contributed by atoms with Crippen LogP contribution in [0.2, 0.25) is 5.02 Å². The molecule has 164 valence electrons. The maximum Gasteiger partial charge on any atom is 0.341 e. The van der Waals surface area contributed by atoms with Gasteiger partial charge in [0.2, 0.25) is 0 Å².